The van der Waals surface area contributed by atoms with Crippen LogP contribution in [0.25, 0.3) is 5.69 Å². The first-order valence-electron chi connectivity index (χ1n) is 7.13. The minimum Gasteiger partial charge on any atom is -0.352 e. The normalized spacial score (nSPS) is 10.7. The fourth-order valence-electron chi connectivity index (χ4n) is 2.28. The van der Waals surface area contributed by atoms with E-state index in [1.165, 1.54) is 12.4 Å². The van der Waals surface area contributed by atoms with Gasteiger partial charge in [0, 0.05) is 32.2 Å². The quantitative estimate of drug-likeness (QED) is 0.778. The summed E-state index contributed by atoms with van der Waals surface area (Å²) in [6.45, 7) is 0.278. The summed E-state index contributed by atoms with van der Waals surface area (Å²) < 4.78 is 17.4. The molecular weight excluding hydrogens is 297 g/mol. The SMILES string of the molecule is Cn1cc(CC(=O)NCc2ccc(-n3ccnc3)c(F)c2)cn1. The highest BCUT2D eigenvalue weighted by Gasteiger charge is 2.08. The van der Waals surface area contributed by atoms with Crippen molar-refractivity contribution in [3.8, 4) is 5.69 Å². The Hall–Kier alpha value is -2.96. The Morgan fingerprint density at radius 1 is 1.35 bits per heavy atom. The number of rotatable bonds is 5. The van der Waals surface area contributed by atoms with E-state index in [2.05, 4.69) is 15.4 Å². The highest BCUT2D eigenvalue weighted by Crippen LogP contribution is 2.15. The summed E-state index contributed by atoms with van der Waals surface area (Å²) in [5, 5.41) is 6.79. The summed E-state index contributed by atoms with van der Waals surface area (Å²) in [6, 6.07) is 4.86. The number of aryl methyl sites for hydroxylation is 1. The van der Waals surface area contributed by atoms with Crippen LogP contribution < -0.4 is 5.32 Å². The Labute approximate surface area is 132 Å². The van der Waals surface area contributed by atoms with Crippen LogP contribution in [0.5, 0.6) is 0 Å². The van der Waals surface area contributed by atoms with Crippen molar-refractivity contribution in [2.75, 3.05) is 0 Å². The van der Waals surface area contributed by atoms with Gasteiger partial charge in [-0.1, -0.05) is 6.07 Å². The largest absolute Gasteiger partial charge is 0.352 e. The first kappa shape index (κ1) is 15.0. The van der Waals surface area contributed by atoms with E-state index in [4.69, 9.17) is 0 Å². The average Bonchev–Trinajstić information content (AvgIpc) is 3.17. The van der Waals surface area contributed by atoms with Crippen LogP contribution in [-0.4, -0.2) is 25.2 Å². The van der Waals surface area contributed by atoms with Crippen molar-refractivity contribution >= 4 is 5.91 Å². The molecule has 0 saturated carbocycles. The second kappa shape index (κ2) is 6.43. The first-order chi connectivity index (χ1) is 11.1. The maximum absolute atomic E-state index is 14.1. The van der Waals surface area contributed by atoms with Crippen molar-refractivity contribution in [3.05, 3.63) is 66.3 Å². The van der Waals surface area contributed by atoms with Gasteiger partial charge in [-0.2, -0.15) is 5.10 Å². The molecule has 0 saturated heterocycles. The highest BCUT2D eigenvalue weighted by molar-refractivity contribution is 5.78. The first-order valence-corrected chi connectivity index (χ1v) is 7.13. The lowest BCUT2D eigenvalue weighted by atomic mass is 10.2. The summed E-state index contributed by atoms with van der Waals surface area (Å²) in [5.41, 5.74) is 1.96. The molecule has 0 aliphatic carbocycles. The number of aromatic nitrogens is 4. The van der Waals surface area contributed by atoms with Gasteiger partial charge in [0.1, 0.15) is 5.82 Å². The zero-order valence-electron chi connectivity index (χ0n) is 12.6. The van der Waals surface area contributed by atoms with E-state index in [-0.39, 0.29) is 24.7 Å². The van der Waals surface area contributed by atoms with E-state index in [1.807, 2.05) is 0 Å². The van der Waals surface area contributed by atoms with Crippen LogP contribution in [-0.2, 0) is 24.8 Å². The molecule has 0 fully saturated rings. The maximum atomic E-state index is 14.1. The van der Waals surface area contributed by atoms with Gasteiger partial charge in [-0.25, -0.2) is 9.37 Å². The molecule has 0 bridgehead atoms. The summed E-state index contributed by atoms with van der Waals surface area (Å²) in [5.74, 6) is -0.487. The van der Waals surface area contributed by atoms with Crippen LogP contribution in [0.2, 0.25) is 0 Å². The summed E-state index contributed by atoms with van der Waals surface area (Å²) in [4.78, 5) is 15.8. The second-order valence-corrected chi connectivity index (χ2v) is 5.23. The van der Waals surface area contributed by atoms with Crippen LogP contribution in [0.15, 0.2) is 49.3 Å². The highest BCUT2D eigenvalue weighted by atomic mass is 19.1. The molecule has 1 N–H and O–H groups in total. The third-order valence-corrected chi connectivity index (χ3v) is 3.41. The molecule has 7 heteroatoms. The smallest absolute Gasteiger partial charge is 0.224 e. The molecule has 0 spiro atoms. The molecule has 3 rings (SSSR count). The number of nitrogens with one attached hydrogen (secondary N) is 1. The summed E-state index contributed by atoms with van der Waals surface area (Å²) in [6.07, 6.45) is 8.50. The van der Waals surface area contributed by atoms with E-state index < -0.39 is 0 Å². The minimum absolute atomic E-state index is 0.128. The van der Waals surface area contributed by atoms with Crippen molar-refractivity contribution in [1.82, 2.24) is 24.6 Å². The fraction of sp³-hybridized carbons (Fsp3) is 0.188. The number of amides is 1. The molecule has 3 aromatic rings. The fourth-order valence-corrected chi connectivity index (χ4v) is 2.28. The number of carbonyl (C=O) groups excluding carboxylic acids is 1. The number of halogens is 1. The van der Waals surface area contributed by atoms with Crippen molar-refractivity contribution in [1.29, 1.82) is 0 Å². The molecule has 1 amide bonds. The van der Waals surface area contributed by atoms with Gasteiger partial charge in [-0.05, 0) is 23.3 Å². The zero-order valence-corrected chi connectivity index (χ0v) is 12.6. The number of nitrogens with zero attached hydrogens (tertiary/aromatic N) is 4. The van der Waals surface area contributed by atoms with Crippen LogP contribution in [0.1, 0.15) is 11.1 Å². The van der Waals surface area contributed by atoms with E-state index in [0.717, 1.165) is 5.56 Å². The van der Waals surface area contributed by atoms with Crippen LogP contribution in [0.3, 0.4) is 0 Å². The number of carbonyl (C=O) groups is 1. The maximum Gasteiger partial charge on any atom is 0.224 e. The minimum atomic E-state index is -0.359. The second-order valence-electron chi connectivity index (χ2n) is 5.23. The number of hydrogen-bond acceptors (Lipinski definition) is 3. The number of benzene rings is 1. The number of hydrogen-bond donors (Lipinski definition) is 1. The molecule has 0 aliphatic heterocycles. The lowest BCUT2D eigenvalue weighted by Crippen LogP contribution is -2.24. The van der Waals surface area contributed by atoms with Gasteiger partial charge in [-0.15, -0.1) is 0 Å². The van der Waals surface area contributed by atoms with Gasteiger partial charge in [0.05, 0.1) is 24.6 Å². The predicted molar refractivity (Wildman–Crippen MR) is 82.3 cm³/mol. The number of imidazole rings is 1. The van der Waals surface area contributed by atoms with Crippen molar-refractivity contribution in [3.63, 3.8) is 0 Å². The van der Waals surface area contributed by atoms with Gasteiger partial charge in [0.15, 0.2) is 0 Å². The summed E-state index contributed by atoms with van der Waals surface area (Å²) in [7, 11) is 1.80. The van der Waals surface area contributed by atoms with E-state index in [1.54, 1.807) is 53.2 Å². The third-order valence-electron chi connectivity index (χ3n) is 3.41. The Morgan fingerprint density at radius 2 is 2.22 bits per heavy atom. The van der Waals surface area contributed by atoms with Gasteiger partial charge < -0.3 is 9.88 Å². The van der Waals surface area contributed by atoms with Crippen molar-refractivity contribution in [2.45, 2.75) is 13.0 Å². The average molecular weight is 313 g/mol. The van der Waals surface area contributed by atoms with E-state index in [9.17, 15) is 9.18 Å². The van der Waals surface area contributed by atoms with Crippen molar-refractivity contribution < 1.29 is 9.18 Å². The van der Waals surface area contributed by atoms with Crippen molar-refractivity contribution in [2.24, 2.45) is 7.05 Å². The van der Waals surface area contributed by atoms with Gasteiger partial charge >= 0.3 is 0 Å². The molecule has 0 atom stereocenters. The monoisotopic (exact) mass is 313 g/mol. The standard InChI is InChI=1S/C16H16FN5O/c1-21-10-13(9-20-21)7-16(23)19-8-12-2-3-15(14(17)6-12)22-5-4-18-11-22/h2-6,9-11H,7-8H2,1H3,(H,19,23). The molecule has 2 aromatic heterocycles. The Bertz CT molecular complexity index is 810. The van der Waals surface area contributed by atoms with Gasteiger partial charge in [-0.3, -0.25) is 9.48 Å². The topological polar surface area (TPSA) is 64.7 Å². The van der Waals surface area contributed by atoms with E-state index in [0.29, 0.717) is 11.3 Å². The molecular formula is C16H16FN5O. The van der Waals surface area contributed by atoms with E-state index >= 15 is 0 Å². The van der Waals surface area contributed by atoms with Crippen LogP contribution in [0.4, 0.5) is 4.39 Å². The Morgan fingerprint density at radius 3 is 2.87 bits per heavy atom. The van der Waals surface area contributed by atoms with Crippen LogP contribution >= 0.6 is 0 Å². The molecule has 0 unspecified atom stereocenters. The van der Waals surface area contributed by atoms with Crippen LogP contribution in [0, 0.1) is 5.82 Å². The van der Waals surface area contributed by atoms with Gasteiger partial charge in [0.2, 0.25) is 5.91 Å². The lowest BCUT2D eigenvalue weighted by Gasteiger charge is -2.08. The summed E-state index contributed by atoms with van der Waals surface area (Å²) >= 11 is 0. The molecule has 2 heterocycles. The Kier molecular flexibility index (Phi) is 4.18. The lowest BCUT2D eigenvalue weighted by molar-refractivity contribution is -0.120. The van der Waals surface area contributed by atoms with Gasteiger partial charge in [0.25, 0.3) is 0 Å². The third kappa shape index (κ3) is 3.63. The molecule has 0 radical (unpaired) electrons. The zero-order chi connectivity index (χ0) is 16.2. The Balaban J connectivity index is 1.60. The molecule has 23 heavy (non-hydrogen) atoms. The molecule has 118 valence electrons. The predicted octanol–water partition coefficient (Wildman–Crippen LogP) is 1.60. The molecule has 1 aromatic carbocycles. The molecule has 6 nitrogen and oxygen atoms in total. The molecule has 0 aliphatic rings.